The minimum absolute atomic E-state index is 0.296. The van der Waals surface area contributed by atoms with Crippen LogP contribution < -0.4 is 5.32 Å². The molecule has 0 fully saturated rings. The molecule has 1 N–H and O–H groups in total. The summed E-state index contributed by atoms with van der Waals surface area (Å²) >= 11 is 0. The van der Waals surface area contributed by atoms with E-state index >= 15 is 0 Å². The molecule has 2 unspecified atom stereocenters. The topological polar surface area (TPSA) is 12.0 Å². The van der Waals surface area contributed by atoms with Crippen molar-refractivity contribution in [2.24, 2.45) is 5.41 Å². The smallest absolute Gasteiger partial charge is 0.0380 e. The summed E-state index contributed by atoms with van der Waals surface area (Å²) in [5, 5.41) is 3.77. The van der Waals surface area contributed by atoms with Crippen LogP contribution in [0.3, 0.4) is 0 Å². The largest absolute Gasteiger partial charge is 0.382 e. The van der Waals surface area contributed by atoms with Gasteiger partial charge in [-0.05, 0) is 48.6 Å². The molecule has 0 bridgehead atoms. The summed E-state index contributed by atoms with van der Waals surface area (Å²) in [4.78, 5) is 0. The number of benzene rings is 1. The van der Waals surface area contributed by atoms with Crippen molar-refractivity contribution in [2.75, 3.05) is 5.32 Å². The van der Waals surface area contributed by atoms with Gasteiger partial charge >= 0.3 is 0 Å². The predicted octanol–water partition coefficient (Wildman–Crippen LogP) is 5.67. The molecule has 0 spiro atoms. The Balaban J connectivity index is 2.41. The van der Waals surface area contributed by atoms with Gasteiger partial charge in [-0.25, -0.2) is 0 Å². The zero-order valence-electron chi connectivity index (χ0n) is 14.1. The van der Waals surface area contributed by atoms with Crippen molar-refractivity contribution >= 4 is 5.69 Å². The molecule has 2 rings (SSSR count). The molecule has 20 heavy (non-hydrogen) atoms. The van der Waals surface area contributed by atoms with Gasteiger partial charge in [0.1, 0.15) is 0 Å². The van der Waals surface area contributed by atoms with E-state index in [1.165, 1.54) is 42.5 Å². The highest BCUT2D eigenvalue weighted by molar-refractivity contribution is 5.59. The molecule has 1 aromatic rings. The lowest BCUT2D eigenvalue weighted by molar-refractivity contribution is 0.239. The van der Waals surface area contributed by atoms with Crippen LogP contribution in [-0.4, -0.2) is 6.04 Å². The van der Waals surface area contributed by atoms with Crippen LogP contribution in [0, 0.1) is 12.3 Å². The van der Waals surface area contributed by atoms with E-state index in [2.05, 4.69) is 65.1 Å². The van der Waals surface area contributed by atoms with Crippen LogP contribution in [-0.2, 0) is 5.41 Å². The Bertz CT molecular complexity index is 469. The summed E-state index contributed by atoms with van der Waals surface area (Å²) in [7, 11) is 0. The number of aryl methyl sites for hydroxylation is 1. The summed E-state index contributed by atoms with van der Waals surface area (Å²) in [6.45, 7) is 14.1. The lowest BCUT2D eigenvalue weighted by Crippen LogP contribution is -2.40. The maximum atomic E-state index is 3.77. The van der Waals surface area contributed by atoms with E-state index in [1.54, 1.807) is 0 Å². The fraction of sp³-hybridized carbons (Fsp3) is 0.684. The third-order valence-electron chi connectivity index (χ3n) is 4.44. The summed E-state index contributed by atoms with van der Waals surface area (Å²) in [6, 6.07) is 7.55. The zero-order valence-corrected chi connectivity index (χ0v) is 14.1. The molecule has 1 aliphatic heterocycles. The van der Waals surface area contributed by atoms with Crippen LogP contribution in [0.4, 0.5) is 5.69 Å². The Morgan fingerprint density at radius 3 is 2.60 bits per heavy atom. The summed E-state index contributed by atoms with van der Waals surface area (Å²) in [6.07, 6.45) is 5.03. The van der Waals surface area contributed by atoms with Gasteiger partial charge in [-0.1, -0.05) is 58.7 Å². The second-order valence-electron chi connectivity index (χ2n) is 8.18. The van der Waals surface area contributed by atoms with Crippen LogP contribution in [0.2, 0.25) is 0 Å². The third-order valence-corrected chi connectivity index (χ3v) is 4.44. The molecule has 112 valence electrons. The third kappa shape index (κ3) is 3.37. The van der Waals surface area contributed by atoms with Crippen LogP contribution in [0.25, 0.3) is 0 Å². The molecule has 1 nitrogen and oxygen atoms in total. The monoisotopic (exact) mass is 273 g/mol. The van der Waals surface area contributed by atoms with Gasteiger partial charge in [-0.3, -0.25) is 0 Å². The fourth-order valence-corrected chi connectivity index (χ4v) is 4.07. The van der Waals surface area contributed by atoms with Crippen LogP contribution in [0.5, 0.6) is 0 Å². The maximum Gasteiger partial charge on any atom is 0.0380 e. The Hall–Kier alpha value is -0.980. The van der Waals surface area contributed by atoms with Crippen molar-refractivity contribution in [3.05, 3.63) is 29.3 Å². The molecule has 1 heteroatoms. The van der Waals surface area contributed by atoms with Gasteiger partial charge in [0.25, 0.3) is 0 Å². The second kappa shape index (κ2) is 5.42. The molecular weight excluding hydrogens is 242 g/mol. The summed E-state index contributed by atoms with van der Waals surface area (Å²) in [5.74, 6) is 0. The lowest BCUT2D eigenvalue weighted by Gasteiger charge is -2.44. The zero-order chi connectivity index (χ0) is 15.0. The first-order chi connectivity index (χ1) is 9.23. The highest BCUT2D eigenvalue weighted by Crippen LogP contribution is 2.46. The van der Waals surface area contributed by atoms with E-state index in [1.807, 2.05) is 0 Å². The van der Waals surface area contributed by atoms with Gasteiger partial charge in [-0.2, -0.15) is 0 Å². The molecule has 0 radical (unpaired) electrons. The Morgan fingerprint density at radius 1 is 1.30 bits per heavy atom. The molecule has 0 aliphatic carbocycles. The van der Waals surface area contributed by atoms with Gasteiger partial charge in [0.2, 0.25) is 0 Å². The first kappa shape index (κ1) is 15.4. The highest BCUT2D eigenvalue weighted by atomic mass is 14.9. The van der Waals surface area contributed by atoms with E-state index in [9.17, 15) is 0 Å². The first-order valence-corrected chi connectivity index (χ1v) is 8.11. The van der Waals surface area contributed by atoms with Crippen LogP contribution in [0.1, 0.15) is 71.4 Å². The molecule has 0 amide bonds. The molecular formula is C19H31N. The molecule has 0 saturated carbocycles. The Labute approximate surface area is 125 Å². The van der Waals surface area contributed by atoms with Crippen molar-refractivity contribution < 1.29 is 0 Å². The van der Waals surface area contributed by atoms with Gasteiger partial charge < -0.3 is 5.32 Å². The van der Waals surface area contributed by atoms with Crippen molar-refractivity contribution in [2.45, 2.75) is 78.7 Å². The number of hydrogen-bond acceptors (Lipinski definition) is 1. The number of fused-ring (bicyclic) bond motifs is 1. The minimum atomic E-state index is 0.296. The van der Waals surface area contributed by atoms with Gasteiger partial charge in [0, 0.05) is 11.7 Å². The molecule has 1 aliphatic rings. The van der Waals surface area contributed by atoms with E-state index in [0.717, 1.165) is 0 Å². The van der Waals surface area contributed by atoms with Crippen LogP contribution >= 0.6 is 0 Å². The molecule has 0 aromatic heterocycles. The van der Waals surface area contributed by atoms with Crippen molar-refractivity contribution in [3.8, 4) is 0 Å². The predicted molar refractivity (Wildman–Crippen MR) is 89.5 cm³/mol. The second-order valence-corrected chi connectivity index (χ2v) is 8.18. The standard InChI is InChI=1S/C19H31N/c1-7-8-15-12-19(6,13-18(3,4)5)16-11-14(2)9-10-17(16)20-15/h9-11,15,20H,7-8,12-13H2,1-6H3. The van der Waals surface area contributed by atoms with Gasteiger partial charge in [0.15, 0.2) is 0 Å². The summed E-state index contributed by atoms with van der Waals surface area (Å²) in [5.41, 5.74) is 4.93. The Morgan fingerprint density at radius 2 is 2.00 bits per heavy atom. The van der Waals surface area contributed by atoms with Crippen molar-refractivity contribution in [1.82, 2.24) is 0 Å². The fourth-order valence-electron chi connectivity index (χ4n) is 4.07. The number of hydrogen-bond donors (Lipinski definition) is 1. The maximum absolute atomic E-state index is 3.77. The summed E-state index contributed by atoms with van der Waals surface area (Å²) < 4.78 is 0. The SMILES string of the molecule is CCCC1CC(C)(CC(C)(C)C)c2cc(C)ccc2N1. The van der Waals surface area contributed by atoms with E-state index in [0.29, 0.717) is 16.9 Å². The molecule has 1 heterocycles. The van der Waals surface area contributed by atoms with E-state index in [4.69, 9.17) is 0 Å². The normalized spacial score (nSPS) is 26.0. The van der Waals surface area contributed by atoms with E-state index < -0.39 is 0 Å². The molecule has 2 atom stereocenters. The number of nitrogens with one attached hydrogen (secondary N) is 1. The molecule has 1 aromatic carbocycles. The van der Waals surface area contributed by atoms with Crippen LogP contribution in [0.15, 0.2) is 18.2 Å². The van der Waals surface area contributed by atoms with E-state index in [-0.39, 0.29) is 0 Å². The van der Waals surface area contributed by atoms with Crippen molar-refractivity contribution in [3.63, 3.8) is 0 Å². The van der Waals surface area contributed by atoms with Gasteiger partial charge in [0.05, 0.1) is 0 Å². The quantitative estimate of drug-likeness (QED) is 0.747. The van der Waals surface area contributed by atoms with Gasteiger partial charge in [-0.15, -0.1) is 0 Å². The first-order valence-electron chi connectivity index (χ1n) is 8.11. The number of rotatable bonds is 3. The average molecular weight is 273 g/mol. The average Bonchev–Trinajstić information content (AvgIpc) is 2.28. The lowest BCUT2D eigenvalue weighted by atomic mass is 9.65. The molecule has 0 saturated heterocycles. The Kier molecular flexibility index (Phi) is 4.18. The minimum Gasteiger partial charge on any atom is -0.382 e. The number of anilines is 1. The van der Waals surface area contributed by atoms with Crippen molar-refractivity contribution in [1.29, 1.82) is 0 Å². The highest BCUT2D eigenvalue weighted by Gasteiger charge is 2.38.